The van der Waals surface area contributed by atoms with Crippen LogP contribution in [0.3, 0.4) is 0 Å². The molecule has 1 rings (SSSR count). The molecule has 0 spiro atoms. The van der Waals surface area contributed by atoms with Gasteiger partial charge in [0.05, 0.1) is 0 Å². The van der Waals surface area contributed by atoms with Crippen LogP contribution in [-0.2, 0) is 4.74 Å². The predicted octanol–water partition coefficient (Wildman–Crippen LogP) is 3.09. The van der Waals surface area contributed by atoms with Crippen LogP contribution in [0.15, 0.2) is 12.7 Å². The van der Waals surface area contributed by atoms with Crippen molar-refractivity contribution < 1.29 is 4.74 Å². The predicted molar refractivity (Wildman–Crippen MR) is 67.3 cm³/mol. The maximum atomic E-state index is 5.31. The van der Waals surface area contributed by atoms with Crippen LogP contribution in [0.1, 0.15) is 40.0 Å². The Kier molecular flexibility index (Phi) is 9.96. The second-order valence-corrected chi connectivity index (χ2v) is 3.53. The summed E-state index contributed by atoms with van der Waals surface area (Å²) >= 11 is 0. The maximum Gasteiger partial charge on any atom is 0.0478 e. The topological polar surface area (TPSA) is 12.5 Å². The van der Waals surface area contributed by atoms with Gasteiger partial charge in [-0.2, -0.15) is 0 Å². The molecule has 0 saturated carbocycles. The van der Waals surface area contributed by atoms with E-state index in [0.29, 0.717) is 6.04 Å². The zero-order chi connectivity index (χ0) is 11.5. The first kappa shape index (κ1) is 14.7. The summed E-state index contributed by atoms with van der Waals surface area (Å²) in [7, 11) is 0. The number of nitrogens with zero attached hydrogens (tertiary/aromatic N) is 1. The van der Waals surface area contributed by atoms with Gasteiger partial charge < -0.3 is 4.74 Å². The van der Waals surface area contributed by atoms with Crippen molar-refractivity contribution in [1.29, 1.82) is 0 Å². The third kappa shape index (κ3) is 5.95. The van der Waals surface area contributed by atoms with E-state index in [1.165, 1.54) is 19.4 Å². The van der Waals surface area contributed by atoms with E-state index >= 15 is 0 Å². The van der Waals surface area contributed by atoms with E-state index in [1.807, 2.05) is 20.8 Å². The van der Waals surface area contributed by atoms with Gasteiger partial charge >= 0.3 is 0 Å². The van der Waals surface area contributed by atoms with Crippen molar-refractivity contribution in [3.63, 3.8) is 0 Å². The van der Waals surface area contributed by atoms with Crippen molar-refractivity contribution in [2.75, 3.05) is 26.3 Å². The molecule has 1 saturated heterocycles. The van der Waals surface area contributed by atoms with Crippen LogP contribution in [0.4, 0.5) is 0 Å². The van der Waals surface area contributed by atoms with Crippen molar-refractivity contribution in [2.45, 2.75) is 46.1 Å². The molecule has 0 bridgehead atoms. The first-order valence-electron chi connectivity index (χ1n) is 6.32. The van der Waals surface area contributed by atoms with E-state index in [1.54, 1.807) is 0 Å². The molecular weight excluding hydrogens is 186 g/mol. The summed E-state index contributed by atoms with van der Waals surface area (Å²) in [4.78, 5) is 2.51. The lowest BCUT2D eigenvalue weighted by molar-refractivity contribution is 0.132. The van der Waals surface area contributed by atoms with Crippen LogP contribution in [0.25, 0.3) is 0 Å². The van der Waals surface area contributed by atoms with E-state index in [9.17, 15) is 0 Å². The molecule has 0 aromatic rings. The fourth-order valence-electron chi connectivity index (χ4n) is 1.91. The Labute approximate surface area is 95.3 Å². The van der Waals surface area contributed by atoms with Gasteiger partial charge in [0.2, 0.25) is 0 Å². The zero-order valence-corrected chi connectivity index (χ0v) is 10.7. The van der Waals surface area contributed by atoms with Gasteiger partial charge in [-0.05, 0) is 32.7 Å². The van der Waals surface area contributed by atoms with Crippen LogP contribution in [0, 0.1) is 0 Å². The molecule has 0 aromatic carbocycles. The Hall–Kier alpha value is -0.340. The smallest absolute Gasteiger partial charge is 0.0478 e. The molecule has 0 radical (unpaired) electrons. The first-order chi connectivity index (χ1) is 7.38. The summed E-state index contributed by atoms with van der Waals surface area (Å²) in [5, 5.41) is 0. The van der Waals surface area contributed by atoms with Gasteiger partial charge in [0, 0.05) is 25.8 Å². The SMILES string of the molecule is C=C[C@@H]1CCCN1CCCOCC.CC. The fraction of sp³-hybridized carbons (Fsp3) is 0.846. The van der Waals surface area contributed by atoms with Crippen LogP contribution in [0.2, 0.25) is 0 Å². The van der Waals surface area contributed by atoms with Crippen LogP contribution < -0.4 is 0 Å². The minimum atomic E-state index is 0.627. The number of hydrogen-bond donors (Lipinski definition) is 0. The molecule has 0 aliphatic carbocycles. The van der Waals surface area contributed by atoms with E-state index in [2.05, 4.69) is 17.6 Å². The Bertz CT molecular complexity index is 147. The van der Waals surface area contributed by atoms with E-state index in [-0.39, 0.29) is 0 Å². The molecule has 0 amide bonds. The summed E-state index contributed by atoms with van der Waals surface area (Å²) in [6, 6.07) is 0.627. The van der Waals surface area contributed by atoms with Crippen molar-refractivity contribution >= 4 is 0 Å². The summed E-state index contributed by atoms with van der Waals surface area (Å²) in [5.41, 5.74) is 0. The zero-order valence-electron chi connectivity index (χ0n) is 10.7. The lowest BCUT2D eigenvalue weighted by Crippen LogP contribution is -2.29. The minimum Gasteiger partial charge on any atom is -0.382 e. The third-order valence-electron chi connectivity index (χ3n) is 2.62. The highest BCUT2D eigenvalue weighted by Crippen LogP contribution is 2.17. The molecule has 1 aliphatic rings. The molecule has 0 N–H and O–H groups in total. The molecule has 0 unspecified atom stereocenters. The highest BCUT2D eigenvalue weighted by atomic mass is 16.5. The normalized spacial score (nSPS) is 20.9. The highest BCUT2D eigenvalue weighted by Gasteiger charge is 2.20. The van der Waals surface area contributed by atoms with Crippen LogP contribution >= 0.6 is 0 Å². The third-order valence-corrected chi connectivity index (χ3v) is 2.62. The van der Waals surface area contributed by atoms with Gasteiger partial charge in [0.1, 0.15) is 0 Å². The Morgan fingerprint density at radius 2 is 2.20 bits per heavy atom. The highest BCUT2D eigenvalue weighted by molar-refractivity contribution is 4.91. The second kappa shape index (κ2) is 10.2. The van der Waals surface area contributed by atoms with Gasteiger partial charge in [0.15, 0.2) is 0 Å². The van der Waals surface area contributed by atoms with Gasteiger partial charge in [0.25, 0.3) is 0 Å². The summed E-state index contributed by atoms with van der Waals surface area (Å²) < 4.78 is 5.31. The van der Waals surface area contributed by atoms with Gasteiger partial charge in [-0.1, -0.05) is 19.9 Å². The first-order valence-corrected chi connectivity index (χ1v) is 6.32. The Balaban J connectivity index is 0.000000921. The molecule has 1 heterocycles. The maximum absolute atomic E-state index is 5.31. The molecule has 1 fully saturated rings. The van der Waals surface area contributed by atoms with E-state index in [0.717, 1.165) is 26.2 Å². The largest absolute Gasteiger partial charge is 0.382 e. The second-order valence-electron chi connectivity index (χ2n) is 3.53. The molecule has 15 heavy (non-hydrogen) atoms. The standard InChI is InChI=1S/C11H21NO.C2H6/c1-3-11-7-5-8-12(11)9-6-10-13-4-2;1-2/h3,11H,1,4-10H2,2H3;1-2H3/t11-;/m1./s1. The van der Waals surface area contributed by atoms with Gasteiger partial charge in [-0.15, -0.1) is 6.58 Å². The molecule has 2 nitrogen and oxygen atoms in total. The average molecular weight is 213 g/mol. The molecule has 0 aromatic heterocycles. The quantitative estimate of drug-likeness (QED) is 0.496. The van der Waals surface area contributed by atoms with Gasteiger partial charge in [-0.25, -0.2) is 0 Å². The molecular formula is C13H27NO. The Morgan fingerprint density at radius 1 is 1.47 bits per heavy atom. The average Bonchev–Trinajstić information content (AvgIpc) is 2.74. The van der Waals surface area contributed by atoms with Crippen molar-refractivity contribution in [3.05, 3.63) is 12.7 Å². The number of rotatable bonds is 6. The van der Waals surface area contributed by atoms with E-state index < -0.39 is 0 Å². The van der Waals surface area contributed by atoms with Crippen molar-refractivity contribution in [2.24, 2.45) is 0 Å². The number of likely N-dealkylation sites (tertiary alicyclic amines) is 1. The molecule has 2 heteroatoms. The lowest BCUT2D eigenvalue weighted by atomic mass is 10.2. The molecule has 90 valence electrons. The van der Waals surface area contributed by atoms with Crippen molar-refractivity contribution in [3.8, 4) is 0 Å². The van der Waals surface area contributed by atoms with Crippen LogP contribution in [0.5, 0.6) is 0 Å². The number of hydrogen-bond acceptors (Lipinski definition) is 2. The van der Waals surface area contributed by atoms with Gasteiger partial charge in [-0.3, -0.25) is 4.90 Å². The monoisotopic (exact) mass is 213 g/mol. The van der Waals surface area contributed by atoms with E-state index in [4.69, 9.17) is 4.74 Å². The number of ether oxygens (including phenoxy) is 1. The van der Waals surface area contributed by atoms with Crippen LogP contribution in [-0.4, -0.2) is 37.2 Å². The Morgan fingerprint density at radius 3 is 2.80 bits per heavy atom. The summed E-state index contributed by atoms with van der Waals surface area (Å²) in [5.74, 6) is 0. The summed E-state index contributed by atoms with van der Waals surface area (Å²) in [6.07, 6.45) is 5.84. The van der Waals surface area contributed by atoms with Crippen molar-refractivity contribution in [1.82, 2.24) is 4.90 Å². The lowest BCUT2D eigenvalue weighted by Gasteiger charge is -2.21. The molecule has 1 atom stereocenters. The fourth-order valence-corrected chi connectivity index (χ4v) is 1.91. The summed E-state index contributed by atoms with van der Waals surface area (Å²) in [6.45, 7) is 14.0. The molecule has 1 aliphatic heterocycles. The minimum absolute atomic E-state index is 0.627.